The highest BCUT2D eigenvalue weighted by Crippen LogP contribution is 2.31. The number of carbonyl (C=O) groups is 3. The quantitative estimate of drug-likeness (QED) is 0.621. The van der Waals surface area contributed by atoms with E-state index in [1.54, 1.807) is 6.26 Å². The minimum absolute atomic E-state index is 0.0113. The van der Waals surface area contributed by atoms with Crippen LogP contribution in [-0.4, -0.2) is 29.3 Å². The molecule has 0 bridgehead atoms. The maximum Gasteiger partial charge on any atom is 0.333 e. The van der Waals surface area contributed by atoms with E-state index in [0.717, 1.165) is 23.9 Å². The summed E-state index contributed by atoms with van der Waals surface area (Å²) < 4.78 is 32.4. The minimum Gasteiger partial charge on any atom is -0.424 e. The van der Waals surface area contributed by atoms with Gasteiger partial charge in [-0.2, -0.15) is 0 Å². The minimum atomic E-state index is -0.908. The molecule has 1 atom stereocenters. The summed E-state index contributed by atoms with van der Waals surface area (Å²) >= 11 is 0.895. The first-order valence-electron chi connectivity index (χ1n) is 7.89. The molecule has 2 aromatic carbocycles. The van der Waals surface area contributed by atoms with Crippen LogP contribution in [-0.2, 0) is 9.59 Å². The summed E-state index contributed by atoms with van der Waals surface area (Å²) in [6.45, 7) is 2.71. The molecule has 27 heavy (non-hydrogen) atoms. The van der Waals surface area contributed by atoms with Gasteiger partial charge in [0.1, 0.15) is 23.4 Å². The molecule has 0 heterocycles. The van der Waals surface area contributed by atoms with Gasteiger partial charge >= 0.3 is 5.97 Å². The molecule has 0 saturated carbocycles. The van der Waals surface area contributed by atoms with Gasteiger partial charge in [0.05, 0.1) is 5.56 Å². The van der Waals surface area contributed by atoms with Gasteiger partial charge in [-0.05, 0) is 43.0 Å². The number of thioether (sulfide) groups is 1. The van der Waals surface area contributed by atoms with E-state index in [9.17, 15) is 23.2 Å². The van der Waals surface area contributed by atoms with Crippen molar-refractivity contribution in [3.8, 4) is 16.9 Å². The molecule has 0 aliphatic heterocycles. The molecule has 2 rings (SSSR count). The van der Waals surface area contributed by atoms with E-state index in [2.05, 4.69) is 5.32 Å². The third-order valence-electron chi connectivity index (χ3n) is 3.61. The van der Waals surface area contributed by atoms with Crippen LogP contribution in [0.1, 0.15) is 24.2 Å². The SMILES string of the molecule is CSC(=O)c1cc(-c2ccc(F)cc2F)ccc1OC(=O)C(C)NC(C)=O. The van der Waals surface area contributed by atoms with Crippen molar-refractivity contribution >= 4 is 28.8 Å². The highest BCUT2D eigenvalue weighted by molar-refractivity contribution is 8.13. The highest BCUT2D eigenvalue weighted by Gasteiger charge is 2.21. The Kier molecular flexibility index (Phi) is 6.68. The number of esters is 1. The van der Waals surface area contributed by atoms with Crippen LogP contribution >= 0.6 is 11.8 Å². The van der Waals surface area contributed by atoms with Crippen LogP contribution in [0.3, 0.4) is 0 Å². The van der Waals surface area contributed by atoms with Crippen molar-refractivity contribution in [1.82, 2.24) is 5.32 Å². The van der Waals surface area contributed by atoms with Crippen molar-refractivity contribution in [3.63, 3.8) is 0 Å². The van der Waals surface area contributed by atoms with Gasteiger partial charge in [-0.1, -0.05) is 17.8 Å². The van der Waals surface area contributed by atoms with Gasteiger partial charge in [0.2, 0.25) is 11.0 Å². The summed E-state index contributed by atoms with van der Waals surface area (Å²) in [5.74, 6) is -2.65. The van der Waals surface area contributed by atoms with E-state index >= 15 is 0 Å². The molecule has 0 aliphatic rings. The molecule has 1 amide bonds. The zero-order valence-electron chi connectivity index (χ0n) is 14.8. The van der Waals surface area contributed by atoms with Gasteiger partial charge in [-0.15, -0.1) is 0 Å². The van der Waals surface area contributed by atoms with Gasteiger partial charge in [-0.25, -0.2) is 13.6 Å². The van der Waals surface area contributed by atoms with Crippen molar-refractivity contribution in [2.75, 3.05) is 6.26 Å². The van der Waals surface area contributed by atoms with Crippen molar-refractivity contribution in [3.05, 3.63) is 53.6 Å². The second kappa shape index (κ2) is 8.77. The standard InChI is InChI=1S/C19H17F2NO4S/c1-10(22-11(2)23)18(24)26-17-7-4-12(8-15(17)19(25)27-3)14-6-5-13(20)9-16(14)21/h4-10H,1-3H3,(H,22,23). The van der Waals surface area contributed by atoms with Gasteiger partial charge in [0, 0.05) is 18.6 Å². The predicted molar refractivity (Wildman–Crippen MR) is 98.6 cm³/mol. The van der Waals surface area contributed by atoms with E-state index in [4.69, 9.17) is 4.74 Å². The lowest BCUT2D eigenvalue weighted by Gasteiger charge is -2.15. The molecule has 1 unspecified atom stereocenters. The molecule has 142 valence electrons. The molecule has 0 spiro atoms. The Morgan fingerprint density at radius 2 is 1.81 bits per heavy atom. The summed E-state index contributed by atoms with van der Waals surface area (Å²) in [6, 6.07) is 6.40. The largest absolute Gasteiger partial charge is 0.424 e. The van der Waals surface area contributed by atoms with Crippen LogP contribution in [0, 0.1) is 11.6 Å². The zero-order chi connectivity index (χ0) is 20.1. The zero-order valence-corrected chi connectivity index (χ0v) is 15.7. The number of hydrogen-bond acceptors (Lipinski definition) is 5. The number of nitrogens with one attached hydrogen (secondary N) is 1. The Hall–Kier alpha value is -2.74. The summed E-state index contributed by atoms with van der Waals surface area (Å²) in [6.07, 6.45) is 1.55. The number of benzene rings is 2. The van der Waals surface area contributed by atoms with E-state index < -0.39 is 34.7 Å². The first-order chi connectivity index (χ1) is 12.7. The molecule has 8 heteroatoms. The maximum absolute atomic E-state index is 14.0. The summed E-state index contributed by atoms with van der Waals surface area (Å²) in [7, 11) is 0. The fourth-order valence-electron chi connectivity index (χ4n) is 2.34. The van der Waals surface area contributed by atoms with Gasteiger partial charge < -0.3 is 10.1 Å². The Bertz CT molecular complexity index is 901. The summed E-state index contributed by atoms with van der Waals surface area (Å²) in [5, 5.41) is 1.99. The van der Waals surface area contributed by atoms with Gasteiger partial charge in [0.25, 0.3) is 0 Å². The number of rotatable bonds is 5. The number of hydrogen-bond donors (Lipinski definition) is 1. The lowest BCUT2D eigenvalue weighted by molar-refractivity contribution is -0.138. The normalized spacial score (nSPS) is 11.6. The van der Waals surface area contributed by atoms with Gasteiger partial charge in [-0.3, -0.25) is 9.59 Å². The van der Waals surface area contributed by atoms with Crippen LogP contribution in [0.25, 0.3) is 11.1 Å². The van der Waals surface area contributed by atoms with Crippen molar-refractivity contribution < 1.29 is 27.9 Å². The topological polar surface area (TPSA) is 72.5 Å². The van der Waals surface area contributed by atoms with Crippen LogP contribution in [0.2, 0.25) is 0 Å². The molecule has 5 nitrogen and oxygen atoms in total. The number of carbonyl (C=O) groups excluding carboxylic acids is 3. The van der Waals surface area contributed by atoms with Crippen molar-refractivity contribution in [1.29, 1.82) is 0 Å². The molecule has 0 aromatic heterocycles. The molecular weight excluding hydrogens is 376 g/mol. The smallest absolute Gasteiger partial charge is 0.333 e. The average Bonchev–Trinajstić information content (AvgIpc) is 2.61. The molecule has 0 saturated heterocycles. The van der Waals surface area contributed by atoms with E-state index in [1.165, 1.54) is 38.1 Å². The van der Waals surface area contributed by atoms with Crippen molar-refractivity contribution in [2.24, 2.45) is 0 Å². The van der Waals surface area contributed by atoms with Crippen LogP contribution in [0.4, 0.5) is 8.78 Å². The second-order valence-electron chi connectivity index (χ2n) is 5.67. The van der Waals surface area contributed by atoms with Crippen LogP contribution < -0.4 is 10.1 Å². The van der Waals surface area contributed by atoms with E-state index in [-0.39, 0.29) is 16.9 Å². The lowest BCUT2D eigenvalue weighted by atomic mass is 10.0. The Balaban J connectivity index is 2.40. The van der Waals surface area contributed by atoms with Crippen molar-refractivity contribution in [2.45, 2.75) is 19.9 Å². The third-order valence-corrected chi connectivity index (χ3v) is 4.20. The Labute approximate surface area is 159 Å². The van der Waals surface area contributed by atoms with E-state index in [0.29, 0.717) is 5.56 Å². The molecule has 1 N–H and O–H groups in total. The summed E-state index contributed by atoms with van der Waals surface area (Å²) in [5.41, 5.74) is 0.503. The Morgan fingerprint density at radius 1 is 1.11 bits per heavy atom. The highest BCUT2D eigenvalue weighted by atomic mass is 32.2. The Morgan fingerprint density at radius 3 is 2.41 bits per heavy atom. The predicted octanol–water partition coefficient (Wildman–Crippen LogP) is 3.57. The van der Waals surface area contributed by atoms with Gasteiger partial charge in [0.15, 0.2) is 0 Å². The molecule has 0 fully saturated rings. The first kappa shape index (κ1) is 20.6. The van der Waals surface area contributed by atoms with Crippen LogP contribution in [0.15, 0.2) is 36.4 Å². The molecule has 0 aliphatic carbocycles. The monoisotopic (exact) mass is 393 g/mol. The number of halogens is 2. The summed E-state index contributed by atoms with van der Waals surface area (Å²) in [4.78, 5) is 35.4. The van der Waals surface area contributed by atoms with Crippen LogP contribution in [0.5, 0.6) is 5.75 Å². The molecule has 0 radical (unpaired) electrons. The van der Waals surface area contributed by atoms with E-state index in [1.807, 2.05) is 0 Å². The fourth-order valence-corrected chi connectivity index (χ4v) is 2.72. The first-order valence-corrected chi connectivity index (χ1v) is 9.12. The maximum atomic E-state index is 14.0. The number of ether oxygens (including phenoxy) is 1. The molecule has 2 aromatic rings. The molecular formula is C19H17F2NO4S. The number of amides is 1. The lowest BCUT2D eigenvalue weighted by Crippen LogP contribution is -2.39. The third kappa shape index (κ3) is 5.13. The second-order valence-corrected chi connectivity index (χ2v) is 6.45. The average molecular weight is 393 g/mol. The fraction of sp³-hybridized carbons (Fsp3) is 0.211.